The van der Waals surface area contributed by atoms with Gasteiger partial charge in [0.2, 0.25) is 0 Å². The maximum absolute atomic E-state index is 9.57. The van der Waals surface area contributed by atoms with E-state index < -0.39 is 0 Å². The lowest BCUT2D eigenvalue weighted by Gasteiger charge is -2.14. The Morgan fingerprint density at radius 2 is 2.00 bits per heavy atom. The molecule has 14 heavy (non-hydrogen) atoms. The number of thioether (sulfide) groups is 1. The molecule has 0 saturated carbocycles. The molecule has 0 aromatic rings. The third-order valence-corrected chi connectivity index (χ3v) is 2.85. The van der Waals surface area contributed by atoms with E-state index in [-0.39, 0.29) is 6.10 Å². The van der Waals surface area contributed by atoms with E-state index in [2.05, 4.69) is 38.2 Å². The van der Waals surface area contributed by atoms with Crippen molar-refractivity contribution in [3.63, 3.8) is 0 Å². The molecule has 0 aliphatic heterocycles. The summed E-state index contributed by atoms with van der Waals surface area (Å²) >= 11 is 1.81. The topological polar surface area (TPSA) is 35.5 Å². The molecule has 0 fully saturated rings. The van der Waals surface area contributed by atoms with Crippen molar-refractivity contribution in [3.05, 3.63) is 0 Å². The van der Waals surface area contributed by atoms with Gasteiger partial charge in [-0.2, -0.15) is 11.8 Å². The van der Waals surface area contributed by atoms with Crippen LogP contribution in [0, 0.1) is 0 Å². The second-order valence-corrected chi connectivity index (χ2v) is 5.24. The molecule has 0 aromatic carbocycles. The fourth-order valence-corrected chi connectivity index (χ4v) is 1.95. The Balaban J connectivity index is 3.22. The molecule has 0 radical (unpaired) electrons. The van der Waals surface area contributed by atoms with Gasteiger partial charge in [0.15, 0.2) is 0 Å². The van der Waals surface area contributed by atoms with Crippen LogP contribution in [-0.4, -0.2) is 60.8 Å². The fourth-order valence-electron chi connectivity index (χ4n) is 0.897. The Labute approximate surface area is 92.3 Å². The molecule has 0 amide bonds. The Morgan fingerprint density at radius 3 is 2.50 bits per heavy atom. The minimum Gasteiger partial charge on any atom is -0.391 e. The van der Waals surface area contributed by atoms with Crippen LogP contribution in [-0.2, 0) is 0 Å². The van der Waals surface area contributed by atoms with E-state index in [4.69, 9.17) is 0 Å². The van der Waals surface area contributed by atoms with Gasteiger partial charge in [0, 0.05) is 30.6 Å². The van der Waals surface area contributed by atoms with Crippen molar-refractivity contribution in [2.24, 2.45) is 0 Å². The highest BCUT2D eigenvalue weighted by molar-refractivity contribution is 7.99. The molecule has 0 aliphatic rings. The highest BCUT2D eigenvalue weighted by atomic mass is 32.2. The Kier molecular flexibility index (Phi) is 8.67. The number of hydrogen-bond acceptors (Lipinski definition) is 4. The molecule has 4 heteroatoms. The van der Waals surface area contributed by atoms with Crippen molar-refractivity contribution < 1.29 is 5.11 Å². The highest BCUT2D eigenvalue weighted by Gasteiger charge is 2.04. The molecule has 0 aliphatic carbocycles. The molecule has 0 aromatic heterocycles. The molecule has 1 unspecified atom stereocenters. The average Bonchev–Trinajstić information content (AvgIpc) is 2.08. The van der Waals surface area contributed by atoms with Gasteiger partial charge in [-0.05, 0) is 14.1 Å². The van der Waals surface area contributed by atoms with Gasteiger partial charge in [0.25, 0.3) is 0 Å². The smallest absolute Gasteiger partial charge is 0.0754 e. The molecule has 0 saturated heterocycles. The number of nitrogens with zero attached hydrogens (tertiary/aromatic N) is 1. The lowest BCUT2D eigenvalue weighted by Crippen LogP contribution is -2.33. The van der Waals surface area contributed by atoms with Gasteiger partial charge in [0.1, 0.15) is 0 Å². The van der Waals surface area contributed by atoms with Crippen molar-refractivity contribution in [2.45, 2.75) is 26.0 Å². The third-order valence-electron chi connectivity index (χ3n) is 1.75. The first-order valence-corrected chi connectivity index (χ1v) is 6.31. The zero-order valence-electron chi connectivity index (χ0n) is 9.79. The average molecular weight is 220 g/mol. The molecule has 2 N–H and O–H groups in total. The summed E-state index contributed by atoms with van der Waals surface area (Å²) in [5, 5.41) is 12.8. The van der Waals surface area contributed by atoms with Gasteiger partial charge in [-0.25, -0.2) is 0 Å². The maximum Gasteiger partial charge on any atom is 0.0754 e. The number of rotatable bonds is 8. The molecular weight excluding hydrogens is 196 g/mol. The van der Waals surface area contributed by atoms with E-state index >= 15 is 0 Å². The summed E-state index contributed by atoms with van der Waals surface area (Å²) in [5.41, 5.74) is 0. The van der Waals surface area contributed by atoms with Crippen LogP contribution in [0.3, 0.4) is 0 Å². The number of hydrogen-bond donors (Lipinski definition) is 2. The predicted octanol–water partition coefficient (Wildman–Crippen LogP) is 0.640. The molecule has 0 heterocycles. The van der Waals surface area contributed by atoms with E-state index in [9.17, 15) is 5.11 Å². The van der Waals surface area contributed by atoms with E-state index in [1.807, 2.05) is 11.8 Å². The van der Waals surface area contributed by atoms with E-state index in [1.165, 1.54) is 0 Å². The quantitative estimate of drug-likeness (QED) is 0.589. The summed E-state index contributed by atoms with van der Waals surface area (Å²) in [4.78, 5) is 2.16. The second-order valence-electron chi connectivity index (χ2n) is 4.09. The van der Waals surface area contributed by atoms with Crippen LogP contribution < -0.4 is 5.32 Å². The first-order chi connectivity index (χ1) is 6.52. The zero-order valence-corrected chi connectivity index (χ0v) is 10.6. The molecule has 3 nitrogen and oxygen atoms in total. The highest BCUT2D eigenvalue weighted by Crippen LogP contribution is 2.02. The maximum atomic E-state index is 9.57. The lowest BCUT2D eigenvalue weighted by atomic mass is 10.3. The summed E-state index contributed by atoms with van der Waals surface area (Å²) < 4.78 is 0. The summed E-state index contributed by atoms with van der Waals surface area (Å²) in [6.45, 7) is 5.96. The molecule has 0 spiro atoms. The minimum atomic E-state index is -0.218. The Bertz CT molecular complexity index is 131. The van der Waals surface area contributed by atoms with Crippen LogP contribution in [0.4, 0.5) is 0 Å². The largest absolute Gasteiger partial charge is 0.391 e. The number of aliphatic hydroxyl groups excluding tert-OH is 1. The second kappa shape index (κ2) is 8.53. The van der Waals surface area contributed by atoms with Crippen molar-refractivity contribution in [1.29, 1.82) is 0 Å². The molecule has 86 valence electrons. The Morgan fingerprint density at radius 1 is 1.36 bits per heavy atom. The van der Waals surface area contributed by atoms with Crippen LogP contribution >= 0.6 is 11.8 Å². The SMILES string of the molecule is CC(C)NCC(O)CSCCN(C)C. The van der Waals surface area contributed by atoms with Gasteiger partial charge in [0.05, 0.1) is 6.10 Å². The number of aliphatic hydroxyl groups is 1. The monoisotopic (exact) mass is 220 g/mol. The van der Waals surface area contributed by atoms with Crippen molar-refractivity contribution in [2.75, 3.05) is 38.7 Å². The van der Waals surface area contributed by atoms with E-state index in [0.29, 0.717) is 12.6 Å². The summed E-state index contributed by atoms with van der Waals surface area (Å²) in [6, 6.07) is 0.455. The van der Waals surface area contributed by atoms with E-state index in [1.54, 1.807) is 0 Å². The minimum absolute atomic E-state index is 0.218. The summed E-state index contributed by atoms with van der Waals surface area (Å²) in [5.74, 6) is 1.92. The van der Waals surface area contributed by atoms with Gasteiger partial charge >= 0.3 is 0 Å². The zero-order chi connectivity index (χ0) is 11.0. The summed E-state index contributed by atoms with van der Waals surface area (Å²) in [6.07, 6.45) is -0.218. The fraction of sp³-hybridized carbons (Fsp3) is 1.00. The molecule has 1 atom stereocenters. The van der Waals surface area contributed by atoms with Crippen LogP contribution in [0.1, 0.15) is 13.8 Å². The van der Waals surface area contributed by atoms with Crippen molar-refractivity contribution in [3.8, 4) is 0 Å². The van der Waals surface area contributed by atoms with Gasteiger partial charge in [-0.1, -0.05) is 13.8 Å². The van der Waals surface area contributed by atoms with Gasteiger partial charge < -0.3 is 15.3 Å². The van der Waals surface area contributed by atoms with Crippen LogP contribution in [0.2, 0.25) is 0 Å². The standard InChI is InChI=1S/C10H24N2OS/c1-9(2)11-7-10(13)8-14-6-5-12(3)4/h9-11,13H,5-8H2,1-4H3. The molecule has 0 bridgehead atoms. The Hall–Kier alpha value is 0.230. The molecule has 0 rings (SSSR count). The first kappa shape index (κ1) is 14.2. The summed E-state index contributed by atoms with van der Waals surface area (Å²) in [7, 11) is 4.13. The van der Waals surface area contributed by atoms with E-state index in [0.717, 1.165) is 18.1 Å². The molecular formula is C10H24N2OS. The van der Waals surface area contributed by atoms with Crippen LogP contribution in [0.25, 0.3) is 0 Å². The predicted molar refractivity (Wildman–Crippen MR) is 65.0 cm³/mol. The normalized spacial score (nSPS) is 13.9. The lowest BCUT2D eigenvalue weighted by molar-refractivity contribution is 0.192. The third kappa shape index (κ3) is 10.3. The number of nitrogens with one attached hydrogen (secondary N) is 1. The van der Waals surface area contributed by atoms with Crippen molar-refractivity contribution >= 4 is 11.8 Å². The van der Waals surface area contributed by atoms with Gasteiger partial charge in [-0.15, -0.1) is 0 Å². The first-order valence-electron chi connectivity index (χ1n) is 5.16. The van der Waals surface area contributed by atoms with Crippen LogP contribution in [0.5, 0.6) is 0 Å². The van der Waals surface area contributed by atoms with Crippen LogP contribution in [0.15, 0.2) is 0 Å². The van der Waals surface area contributed by atoms with Crippen molar-refractivity contribution in [1.82, 2.24) is 10.2 Å². The van der Waals surface area contributed by atoms with Gasteiger partial charge in [-0.3, -0.25) is 0 Å².